The second-order valence-corrected chi connectivity index (χ2v) is 10.9. The van der Waals surface area contributed by atoms with Crippen molar-refractivity contribution in [1.29, 1.82) is 0 Å². The lowest BCUT2D eigenvalue weighted by Crippen LogP contribution is -2.36. The molecule has 3 heterocycles. The molecular formula is C20H30N4O8P2. The molecule has 2 aromatic rings. The minimum Gasteiger partial charge on any atom is -0.379 e. The molecule has 0 amide bonds. The van der Waals surface area contributed by atoms with Crippen LogP contribution in [-0.4, -0.2) is 91.9 Å². The van der Waals surface area contributed by atoms with Crippen LogP contribution < -0.4 is 10.9 Å². The molecular weight excluding hydrogens is 486 g/mol. The molecule has 0 radical (unpaired) electrons. The first-order valence-electron chi connectivity index (χ1n) is 10.8. The van der Waals surface area contributed by atoms with E-state index in [4.69, 9.17) is 9.47 Å². The van der Waals surface area contributed by atoms with Gasteiger partial charge in [0.2, 0.25) is 0 Å². The summed E-state index contributed by atoms with van der Waals surface area (Å²) in [5.41, 5.74) is 0.633. The minimum atomic E-state index is -4.41. The number of rotatable bonds is 6. The fourth-order valence-corrected chi connectivity index (χ4v) is 4.49. The van der Waals surface area contributed by atoms with Crippen molar-refractivity contribution < 1.29 is 38.2 Å². The Balaban J connectivity index is 1.54. The average Bonchev–Trinajstić information content (AvgIpc) is 2.76. The van der Waals surface area contributed by atoms with E-state index in [9.17, 15) is 28.7 Å². The largest absolute Gasteiger partial charge is 0.379 e. The fourth-order valence-electron chi connectivity index (χ4n) is 3.41. The van der Waals surface area contributed by atoms with Gasteiger partial charge in [0.1, 0.15) is 0 Å². The van der Waals surface area contributed by atoms with Gasteiger partial charge in [-0.15, -0.1) is 0 Å². The highest BCUT2D eigenvalue weighted by Gasteiger charge is 2.21. The van der Waals surface area contributed by atoms with Crippen LogP contribution >= 0.6 is 15.2 Å². The summed E-state index contributed by atoms with van der Waals surface area (Å²) in [7, 11) is -8.81. The summed E-state index contributed by atoms with van der Waals surface area (Å²) in [5.74, 6) is 0. The summed E-state index contributed by atoms with van der Waals surface area (Å²) < 4.78 is 34.5. The molecule has 188 valence electrons. The molecule has 14 heteroatoms. The molecule has 1 saturated heterocycles. The van der Waals surface area contributed by atoms with Crippen molar-refractivity contribution in [3.05, 3.63) is 47.8 Å². The number of hydrogen-bond acceptors (Lipinski definition) is 8. The van der Waals surface area contributed by atoms with Crippen LogP contribution in [0, 0.1) is 0 Å². The Morgan fingerprint density at radius 1 is 0.676 bits per heavy atom. The first kappa shape index (κ1) is 27.0. The quantitative estimate of drug-likeness (QED) is 0.362. The number of hydrogen-bond donors (Lipinski definition) is 4. The van der Waals surface area contributed by atoms with Gasteiger partial charge in [-0.1, -0.05) is 12.1 Å². The van der Waals surface area contributed by atoms with Gasteiger partial charge < -0.3 is 29.0 Å². The van der Waals surface area contributed by atoms with Gasteiger partial charge in [-0.25, -0.2) is 9.97 Å². The second kappa shape index (κ2) is 12.4. The highest BCUT2D eigenvalue weighted by molar-refractivity contribution is 7.60. The Hall–Kier alpha value is -1.56. The first-order valence-corrected chi connectivity index (χ1v) is 14.0. The lowest BCUT2D eigenvalue weighted by molar-refractivity contribution is 0.0337. The summed E-state index contributed by atoms with van der Waals surface area (Å²) in [6, 6.07) is 9.25. The highest BCUT2D eigenvalue weighted by atomic mass is 31.2. The molecule has 0 bridgehead atoms. The Labute approximate surface area is 197 Å². The van der Waals surface area contributed by atoms with Crippen LogP contribution in [0.25, 0.3) is 0 Å². The molecule has 2 aromatic heterocycles. The molecule has 1 fully saturated rings. The molecule has 0 atom stereocenters. The molecule has 12 nitrogen and oxygen atoms in total. The van der Waals surface area contributed by atoms with Crippen molar-refractivity contribution in [2.75, 3.05) is 52.6 Å². The van der Waals surface area contributed by atoms with Gasteiger partial charge >= 0.3 is 15.2 Å². The van der Waals surface area contributed by atoms with Gasteiger partial charge in [-0.2, -0.15) is 0 Å². The van der Waals surface area contributed by atoms with E-state index >= 15 is 0 Å². The van der Waals surface area contributed by atoms with Gasteiger partial charge in [-0.3, -0.25) is 18.9 Å². The molecule has 4 N–H and O–H groups in total. The van der Waals surface area contributed by atoms with Gasteiger partial charge in [0.15, 0.2) is 10.9 Å². The van der Waals surface area contributed by atoms with Crippen LogP contribution in [0.3, 0.4) is 0 Å². The maximum absolute atomic E-state index is 11.5. The third-order valence-corrected chi connectivity index (χ3v) is 6.85. The highest BCUT2D eigenvalue weighted by Crippen LogP contribution is 2.32. The molecule has 0 spiro atoms. The van der Waals surface area contributed by atoms with Gasteiger partial charge in [-0.05, 0) is 24.3 Å². The molecule has 1 aliphatic heterocycles. The second-order valence-electron chi connectivity index (χ2n) is 7.84. The molecule has 34 heavy (non-hydrogen) atoms. The molecule has 0 unspecified atom stereocenters. The lowest BCUT2D eigenvalue weighted by Gasteiger charge is -2.26. The van der Waals surface area contributed by atoms with Crippen molar-refractivity contribution in [2.45, 2.75) is 13.1 Å². The van der Waals surface area contributed by atoms with Crippen LogP contribution in [0.2, 0.25) is 0 Å². The number of ether oxygens (including phenoxy) is 2. The zero-order chi connectivity index (χ0) is 24.6. The molecule has 3 rings (SSSR count). The van der Waals surface area contributed by atoms with E-state index in [1.165, 1.54) is 12.1 Å². The first-order chi connectivity index (χ1) is 16.1. The van der Waals surface area contributed by atoms with E-state index in [2.05, 4.69) is 19.8 Å². The summed E-state index contributed by atoms with van der Waals surface area (Å²) in [5, 5.41) is 0. The van der Waals surface area contributed by atoms with Crippen molar-refractivity contribution in [3.8, 4) is 0 Å². The Morgan fingerprint density at radius 3 is 1.35 bits per heavy atom. The van der Waals surface area contributed by atoms with Crippen LogP contribution in [0.1, 0.15) is 11.4 Å². The van der Waals surface area contributed by atoms with Crippen LogP contribution in [0.4, 0.5) is 0 Å². The van der Waals surface area contributed by atoms with E-state index in [-0.39, 0.29) is 10.9 Å². The topological polar surface area (TPSA) is 166 Å². The van der Waals surface area contributed by atoms with E-state index in [1.54, 1.807) is 24.3 Å². The van der Waals surface area contributed by atoms with Crippen molar-refractivity contribution in [1.82, 2.24) is 19.8 Å². The van der Waals surface area contributed by atoms with Crippen LogP contribution in [-0.2, 0) is 31.7 Å². The summed E-state index contributed by atoms with van der Waals surface area (Å²) in [6.07, 6.45) is 0. The van der Waals surface area contributed by atoms with E-state index in [0.29, 0.717) is 77.1 Å². The van der Waals surface area contributed by atoms with E-state index in [1.807, 2.05) is 0 Å². The monoisotopic (exact) mass is 516 g/mol. The predicted octanol–water partition coefficient (Wildman–Crippen LogP) is -0.566. The number of aromatic nitrogens is 2. The van der Waals surface area contributed by atoms with E-state index in [0.717, 1.165) is 0 Å². The normalized spacial score (nSPS) is 18.2. The van der Waals surface area contributed by atoms with Crippen molar-refractivity contribution in [2.24, 2.45) is 0 Å². The number of pyridine rings is 2. The third-order valence-electron chi connectivity index (χ3n) is 5.16. The summed E-state index contributed by atoms with van der Waals surface area (Å²) in [4.78, 5) is 49.7. The van der Waals surface area contributed by atoms with Crippen LogP contribution in [0.15, 0.2) is 36.4 Å². The van der Waals surface area contributed by atoms with Crippen molar-refractivity contribution >= 4 is 26.1 Å². The smallest absolute Gasteiger partial charge is 0.374 e. The molecule has 0 aromatic carbocycles. The third kappa shape index (κ3) is 8.90. The van der Waals surface area contributed by atoms with Gasteiger partial charge in [0.25, 0.3) is 0 Å². The zero-order valence-electron chi connectivity index (χ0n) is 18.6. The van der Waals surface area contributed by atoms with Gasteiger partial charge in [0.05, 0.1) is 37.8 Å². The zero-order valence-corrected chi connectivity index (χ0v) is 20.4. The van der Waals surface area contributed by atoms with Crippen molar-refractivity contribution in [3.63, 3.8) is 0 Å². The fraction of sp³-hybridized carbons (Fsp3) is 0.500. The summed E-state index contributed by atoms with van der Waals surface area (Å²) >= 11 is 0. The maximum atomic E-state index is 11.5. The average molecular weight is 516 g/mol. The Morgan fingerprint density at radius 2 is 1.03 bits per heavy atom. The number of nitrogens with zero attached hydrogens (tertiary/aromatic N) is 4. The van der Waals surface area contributed by atoms with Gasteiger partial charge in [0, 0.05) is 39.3 Å². The Kier molecular flexibility index (Phi) is 9.87. The molecule has 0 aliphatic carbocycles. The molecule has 1 aliphatic rings. The Bertz CT molecular complexity index is 938. The van der Waals surface area contributed by atoms with Crippen LogP contribution in [0.5, 0.6) is 0 Å². The minimum absolute atomic E-state index is 0.243. The summed E-state index contributed by atoms with van der Waals surface area (Å²) in [6.45, 7) is 5.02. The van der Waals surface area contributed by atoms with E-state index < -0.39 is 15.2 Å². The SMILES string of the molecule is O=P(O)(O)c1cccc(CN2CCOCCN(Cc3cccc(P(=O)(O)O)n3)CCOCC2)n1. The predicted molar refractivity (Wildman–Crippen MR) is 124 cm³/mol. The maximum Gasteiger partial charge on any atom is 0.374 e. The lowest BCUT2D eigenvalue weighted by atomic mass is 10.3. The standard InChI is InChI=1S/C20H30N4O8P2/c25-33(26,27)19-5-1-3-17(21-19)15-23-7-11-31-13-9-24(10-14-32-12-8-23)16-18-4-2-6-20(22-18)34(28,29)30/h1-6H,7-16H2,(H2,25,26,27)(H2,28,29,30). The molecule has 0 saturated carbocycles.